The number of rotatable bonds is 13. The molecule has 0 saturated carbocycles. The van der Waals surface area contributed by atoms with Gasteiger partial charge in [-0.2, -0.15) is 0 Å². The summed E-state index contributed by atoms with van der Waals surface area (Å²) in [4.78, 5) is 73.0. The number of carboxylic acids is 1. The zero-order valence-electron chi connectivity index (χ0n) is 27.9. The van der Waals surface area contributed by atoms with Crippen LogP contribution in [0.15, 0.2) is 48.5 Å². The van der Waals surface area contributed by atoms with E-state index in [-0.39, 0.29) is 32.0 Å². The van der Waals surface area contributed by atoms with Gasteiger partial charge in [-0.3, -0.25) is 19.2 Å². The Kier molecular flexibility index (Phi) is 12.3. The standard InChI is InChI=1S/C35H41NO13/c1-18(30-32(47-21(4)39)33(48-22(5)40)31(46-20(3)38)29(49-30)17-44-19(2)37)14-15-28(34(41)42)36-35(43)45-16-27-25-12-8-6-10-23(25)24-11-7-9-13-26(24)27/h6-13,18,27-33H,14-17H2,1-5H3,(H,36,43)(H,41,42)/t18?,28-,29+,30+,31-,32-,33-/m0/s1. The molecule has 1 unspecified atom stereocenters. The van der Waals surface area contributed by atoms with Crippen LogP contribution >= 0.6 is 0 Å². The first kappa shape index (κ1) is 36.8. The van der Waals surface area contributed by atoms with Crippen molar-refractivity contribution in [2.24, 2.45) is 5.92 Å². The molecular formula is C35H41NO13. The molecule has 1 heterocycles. The predicted octanol–water partition coefficient (Wildman–Crippen LogP) is 3.52. The molecule has 0 bridgehead atoms. The number of esters is 4. The van der Waals surface area contributed by atoms with Crippen molar-refractivity contribution < 1.29 is 62.3 Å². The van der Waals surface area contributed by atoms with Gasteiger partial charge in [0.2, 0.25) is 0 Å². The fourth-order valence-electron chi connectivity index (χ4n) is 6.35. The van der Waals surface area contributed by atoms with E-state index in [4.69, 9.17) is 28.4 Å². The van der Waals surface area contributed by atoms with E-state index >= 15 is 0 Å². The van der Waals surface area contributed by atoms with Gasteiger partial charge < -0.3 is 38.8 Å². The highest BCUT2D eigenvalue weighted by Gasteiger charge is 2.53. The number of alkyl carbamates (subject to hydrolysis) is 1. The summed E-state index contributed by atoms with van der Waals surface area (Å²) in [7, 11) is 0. The number of ether oxygens (including phenoxy) is 6. The summed E-state index contributed by atoms with van der Waals surface area (Å²) in [5.74, 6) is -5.03. The third kappa shape index (κ3) is 9.34. The number of hydrogen-bond donors (Lipinski definition) is 2. The molecule has 14 nitrogen and oxygen atoms in total. The molecule has 0 spiro atoms. The highest BCUT2D eigenvalue weighted by molar-refractivity contribution is 5.81. The van der Waals surface area contributed by atoms with Gasteiger partial charge in [-0.1, -0.05) is 55.5 Å². The van der Waals surface area contributed by atoms with Crippen LogP contribution in [0.4, 0.5) is 4.79 Å². The second-order valence-electron chi connectivity index (χ2n) is 12.1. The lowest BCUT2D eigenvalue weighted by Gasteiger charge is -2.46. The van der Waals surface area contributed by atoms with Crippen LogP contribution in [-0.2, 0) is 52.4 Å². The normalized spacial score (nSPS) is 22.3. The van der Waals surface area contributed by atoms with Gasteiger partial charge in [-0.25, -0.2) is 9.59 Å². The van der Waals surface area contributed by atoms with Gasteiger partial charge in [-0.15, -0.1) is 0 Å². The molecule has 2 aromatic carbocycles. The van der Waals surface area contributed by atoms with Crippen molar-refractivity contribution in [3.63, 3.8) is 0 Å². The lowest BCUT2D eigenvalue weighted by Crippen LogP contribution is -2.63. The van der Waals surface area contributed by atoms with E-state index in [0.29, 0.717) is 0 Å². The van der Waals surface area contributed by atoms with Crippen LogP contribution in [0.1, 0.15) is 64.5 Å². The molecular weight excluding hydrogens is 642 g/mol. The zero-order chi connectivity index (χ0) is 35.8. The van der Waals surface area contributed by atoms with E-state index in [9.17, 15) is 33.9 Å². The van der Waals surface area contributed by atoms with Crippen LogP contribution in [0.5, 0.6) is 0 Å². The van der Waals surface area contributed by atoms with E-state index < -0.39 is 78.4 Å². The third-order valence-corrected chi connectivity index (χ3v) is 8.43. The van der Waals surface area contributed by atoms with E-state index in [1.165, 1.54) is 6.92 Å². The van der Waals surface area contributed by atoms with Crippen LogP contribution in [0, 0.1) is 5.92 Å². The second-order valence-corrected chi connectivity index (χ2v) is 12.1. The Balaban J connectivity index is 1.46. The smallest absolute Gasteiger partial charge is 0.407 e. The number of nitrogens with one attached hydrogen (secondary N) is 1. The Morgan fingerprint density at radius 2 is 1.24 bits per heavy atom. The van der Waals surface area contributed by atoms with Crippen LogP contribution in [0.3, 0.4) is 0 Å². The molecule has 1 amide bonds. The summed E-state index contributed by atoms with van der Waals surface area (Å²) in [6.45, 7) is 5.85. The van der Waals surface area contributed by atoms with Crippen molar-refractivity contribution in [2.75, 3.05) is 13.2 Å². The number of carbonyl (C=O) groups is 6. The Hall–Kier alpha value is -4.98. The van der Waals surface area contributed by atoms with Gasteiger partial charge in [0.15, 0.2) is 18.3 Å². The van der Waals surface area contributed by atoms with Crippen molar-refractivity contribution in [2.45, 2.75) is 89.9 Å². The van der Waals surface area contributed by atoms with Gasteiger partial charge in [0.05, 0.1) is 0 Å². The fraction of sp³-hybridized carbons (Fsp3) is 0.486. The summed E-state index contributed by atoms with van der Waals surface area (Å²) in [5, 5.41) is 12.4. The lowest BCUT2D eigenvalue weighted by atomic mass is 9.85. The van der Waals surface area contributed by atoms with Crippen molar-refractivity contribution in [1.82, 2.24) is 5.32 Å². The minimum absolute atomic E-state index is 0.00661. The Morgan fingerprint density at radius 3 is 1.78 bits per heavy atom. The molecule has 0 aromatic heterocycles. The van der Waals surface area contributed by atoms with Gasteiger partial charge in [-0.05, 0) is 41.0 Å². The summed E-state index contributed by atoms with van der Waals surface area (Å²) >= 11 is 0. The molecule has 1 fully saturated rings. The number of aliphatic carboxylic acids is 1. The Labute approximate surface area is 283 Å². The van der Waals surface area contributed by atoms with Gasteiger partial charge in [0.1, 0.15) is 31.5 Å². The van der Waals surface area contributed by atoms with Gasteiger partial charge in [0, 0.05) is 33.6 Å². The van der Waals surface area contributed by atoms with E-state index in [2.05, 4.69) is 5.32 Å². The summed E-state index contributed by atoms with van der Waals surface area (Å²) < 4.78 is 33.2. The van der Waals surface area contributed by atoms with Crippen LogP contribution in [0.2, 0.25) is 0 Å². The summed E-state index contributed by atoms with van der Waals surface area (Å²) in [5.41, 5.74) is 4.10. The van der Waals surface area contributed by atoms with Crippen molar-refractivity contribution in [1.29, 1.82) is 0 Å². The largest absolute Gasteiger partial charge is 0.480 e. The molecule has 1 aliphatic carbocycles. The molecule has 4 rings (SSSR count). The lowest BCUT2D eigenvalue weighted by molar-refractivity contribution is -0.260. The number of fused-ring (bicyclic) bond motifs is 3. The average Bonchev–Trinajstić information content (AvgIpc) is 3.35. The zero-order valence-corrected chi connectivity index (χ0v) is 27.9. The Morgan fingerprint density at radius 1 is 0.714 bits per heavy atom. The molecule has 2 N–H and O–H groups in total. The first-order valence-corrected chi connectivity index (χ1v) is 15.9. The quantitative estimate of drug-likeness (QED) is 0.231. The predicted molar refractivity (Wildman–Crippen MR) is 170 cm³/mol. The molecule has 2 aromatic rings. The molecule has 2 aliphatic rings. The number of amides is 1. The number of benzene rings is 2. The molecule has 1 aliphatic heterocycles. The first-order chi connectivity index (χ1) is 23.3. The minimum atomic E-state index is -1.36. The van der Waals surface area contributed by atoms with E-state index in [1.54, 1.807) is 6.92 Å². The maximum Gasteiger partial charge on any atom is 0.407 e. The van der Waals surface area contributed by atoms with E-state index in [0.717, 1.165) is 43.0 Å². The maximum atomic E-state index is 12.9. The first-order valence-electron chi connectivity index (χ1n) is 15.9. The summed E-state index contributed by atoms with van der Waals surface area (Å²) in [6.07, 6.45) is -7.00. The van der Waals surface area contributed by atoms with Gasteiger partial charge >= 0.3 is 35.9 Å². The monoisotopic (exact) mass is 683 g/mol. The molecule has 1 saturated heterocycles. The highest BCUT2D eigenvalue weighted by atomic mass is 16.7. The number of carboxylic acid groups (broad SMARTS) is 1. The second kappa shape index (κ2) is 16.4. The van der Waals surface area contributed by atoms with Crippen molar-refractivity contribution >= 4 is 35.9 Å². The van der Waals surface area contributed by atoms with Crippen LogP contribution in [-0.4, -0.2) is 90.8 Å². The average molecular weight is 684 g/mol. The SMILES string of the molecule is CC(=O)OC[C@H]1O[C@H](C(C)CC[C@H](NC(=O)OCC2c3ccccc3-c3ccccc32)C(=O)O)[C@H](OC(C)=O)[C@@H](OC(C)=O)[C@H]1OC(C)=O. The fourth-order valence-corrected chi connectivity index (χ4v) is 6.35. The number of carbonyl (C=O) groups excluding carboxylic acids is 5. The van der Waals surface area contributed by atoms with Crippen molar-refractivity contribution in [3.05, 3.63) is 59.7 Å². The topological polar surface area (TPSA) is 190 Å². The number of hydrogen-bond acceptors (Lipinski definition) is 12. The third-order valence-electron chi connectivity index (χ3n) is 8.43. The van der Waals surface area contributed by atoms with E-state index in [1.807, 2.05) is 48.5 Å². The Bertz CT molecular complexity index is 1510. The molecule has 14 heteroatoms. The van der Waals surface area contributed by atoms with Crippen LogP contribution < -0.4 is 5.32 Å². The molecule has 0 radical (unpaired) electrons. The molecule has 264 valence electrons. The molecule has 49 heavy (non-hydrogen) atoms. The van der Waals surface area contributed by atoms with Crippen LogP contribution in [0.25, 0.3) is 11.1 Å². The molecule has 7 atom stereocenters. The maximum absolute atomic E-state index is 12.9. The summed E-state index contributed by atoms with van der Waals surface area (Å²) in [6, 6.07) is 14.3. The highest BCUT2D eigenvalue weighted by Crippen LogP contribution is 2.44. The van der Waals surface area contributed by atoms with Crippen molar-refractivity contribution in [3.8, 4) is 11.1 Å². The minimum Gasteiger partial charge on any atom is -0.480 e. The van der Waals surface area contributed by atoms with Gasteiger partial charge in [0.25, 0.3) is 0 Å².